The molecule has 90 valence electrons. The third kappa shape index (κ3) is 1.52. The van der Waals surface area contributed by atoms with Gasteiger partial charge in [-0.1, -0.05) is 12.1 Å². The highest BCUT2D eigenvalue weighted by atomic mass is 19.1. The maximum Gasteiger partial charge on any atom is 0.206 e. The Balaban J connectivity index is 2.36. The second-order valence-corrected chi connectivity index (χ2v) is 3.89. The van der Waals surface area contributed by atoms with Gasteiger partial charge in [-0.05, 0) is 30.3 Å². The molecule has 0 fully saturated rings. The lowest BCUT2D eigenvalue weighted by atomic mass is 10.2. The summed E-state index contributed by atoms with van der Waals surface area (Å²) in [5.74, 6) is -0.708. The fourth-order valence-electron chi connectivity index (χ4n) is 1.97. The number of nitrogens with zero attached hydrogens (tertiary/aromatic N) is 2. The molecule has 3 nitrogen and oxygen atoms in total. The van der Waals surface area contributed by atoms with Crippen molar-refractivity contribution in [1.29, 1.82) is 0 Å². The first-order valence-electron chi connectivity index (χ1n) is 5.35. The molecule has 1 aromatic heterocycles. The van der Waals surface area contributed by atoms with Crippen LogP contribution in [-0.4, -0.2) is 9.55 Å². The summed E-state index contributed by atoms with van der Waals surface area (Å²) in [5.41, 5.74) is 6.97. The molecule has 3 aromatic rings. The van der Waals surface area contributed by atoms with Gasteiger partial charge in [0.05, 0.1) is 11.2 Å². The average Bonchev–Trinajstić information content (AvgIpc) is 2.67. The van der Waals surface area contributed by atoms with Crippen molar-refractivity contribution in [3.8, 4) is 5.69 Å². The van der Waals surface area contributed by atoms with E-state index in [4.69, 9.17) is 5.73 Å². The number of anilines is 1. The Morgan fingerprint density at radius 3 is 2.61 bits per heavy atom. The molecule has 5 heteroatoms. The summed E-state index contributed by atoms with van der Waals surface area (Å²) in [6, 6.07) is 10.5. The molecule has 0 bridgehead atoms. The van der Waals surface area contributed by atoms with Crippen LogP contribution in [0.3, 0.4) is 0 Å². The van der Waals surface area contributed by atoms with Gasteiger partial charge in [0.2, 0.25) is 5.95 Å². The summed E-state index contributed by atoms with van der Waals surface area (Å²) in [5, 5.41) is 0. The lowest BCUT2D eigenvalue weighted by molar-refractivity contribution is 0.627. The van der Waals surface area contributed by atoms with Crippen LogP contribution >= 0.6 is 0 Å². The van der Waals surface area contributed by atoms with E-state index in [1.807, 2.05) is 0 Å². The van der Waals surface area contributed by atoms with Crippen LogP contribution in [0.2, 0.25) is 0 Å². The molecule has 3 rings (SSSR count). The Morgan fingerprint density at radius 2 is 1.83 bits per heavy atom. The molecule has 0 saturated carbocycles. The molecule has 0 aliphatic rings. The number of nitrogen functional groups attached to an aromatic ring is 1. The molecule has 18 heavy (non-hydrogen) atoms. The van der Waals surface area contributed by atoms with Crippen molar-refractivity contribution in [3.05, 3.63) is 54.1 Å². The normalized spacial score (nSPS) is 11.0. The van der Waals surface area contributed by atoms with Crippen LogP contribution < -0.4 is 5.73 Å². The number of aromatic nitrogens is 2. The van der Waals surface area contributed by atoms with E-state index < -0.39 is 5.82 Å². The SMILES string of the molecule is Nc1nc2c(F)cccc2n1-c1cccc(F)c1. The number of halogens is 2. The predicted octanol–water partition coefficient (Wildman–Crippen LogP) is 2.89. The molecule has 0 unspecified atom stereocenters. The lowest BCUT2D eigenvalue weighted by Crippen LogP contribution is -2.00. The van der Waals surface area contributed by atoms with Crippen LogP contribution in [0.1, 0.15) is 0 Å². The van der Waals surface area contributed by atoms with Crippen molar-refractivity contribution in [2.45, 2.75) is 0 Å². The Bertz CT molecular complexity index is 734. The molecule has 0 saturated heterocycles. The standard InChI is InChI=1S/C13H9F2N3/c14-8-3-1-4-9(7-8)18-11-6-2-5-10(15)12(11)17-13(18)16/h1-7H,(H2,16,17). The number of nitrogens with two attached hydrogens (primary N) is 1. The highest BCUT2D eigenvalue weighted by Crippen LogP contribution is 2.24. The summed E-state index contributed by atoms with van der Waals surface area (Å²) in [6.07, 6.45) is 0. The second kappa shape index (κ2) is 3.80. The third-order valence-corrected chi connectivity index (χ3v) is 2.73. The Hall–Kier alpha value is -2.43. The Kier molecular flexibility index (Phi) is 2.26. The Morgan fingerprint density at radius 1 is 1.06 bits per heavy atom. The number of rotatable bonds is 1. The van der Waals surface area contributed by atoms with Gasteiger partial charge < -0.3 is 5.73 Å². The zero-order valence-corrected chi connectivity index (χ0v) is 9.27. The maximum absolute atomic E-state index is 13.6. The number of para-hydroxylation sites is 1. The van der Waals surface area contributed by atoms with Crippen LogP contribution in [0.25, 0.3) is 16.7 Å². The molecule has 0 amide bonds. The summed E-state index contributed by atoms with van der Waals surface area (Å²) in [7, 11) is 0. The van der Waals surface area contributed by atoms with Crippen LogP contribution in [0, 0.1) is 11.6 Å². The molecule has 0 radical (unpaired) electrons. The van der Waals surface area contributed by atoms with E-state index in [1.165, 1.54) is 22.8 Å². The number of hydrogen-bond acceptors (Lipinski definition) is 2. The van der Waals surface area contributed by atoms with Crippen molar-refractivity contribution in [2.24, 2.45) is 0 Å². The first-order chi connectivity index (χ1) is 8.66. The third-order valence-electron chi connectivity index (χ3n) is 2.73. The minimum atomic E-state index is -0.450. The number of imidazole rings is 1. The smallest absolute Gasteiger partial charge is 0.206 e. The fourth-order valence-corrected chi connectivity index (χ4v) is 1.97. The van der Waals surface area contributed by atoms with Crippen LogP contribution in [-0.2, 0) is 0 Å². The van der Waals surface area contributed by atoms with E-state index in [0.717, 1.165) is 0 Å². The number of fused-ring (bicyclic) bond motifs is 1. The van der Waals surface area contributed by atoms with Crippen molar-refractivity contribution in [2.75, 3.05) is 5.73 Å². The predicted molar refractivity (Wildman–Crippen MR) is 65.4 cm³/mol. The van der Waals surface area contributed by atoms with Gasteiger partial charge >= 0.3 is 0 Å². The van der Waals surface area contributed by atoms with Crippen molar-refractivity contribution in [1.82, 2.24) is 9.55 Å². The molecular weight excluding hydrogens is 236 g/mol. The minimum absolute atomic E-state index is 0.126. The highest BCUT2D eigenvalue weighted by Gasteiger charge is 2.13. The highest BCUT2D eigenvalue weighted by molar-refractivity contribution is 5.81. The molecule has 2 aromatic carbocycles. The average molecular weight is 245 g/mol. The van der Waals surface area contributed by atoms with Gasteiger partial charge in [-0.2, -0.15) is 0 Å². The van der Waals surface area contributed by atoms with E-state index >= 15 is 0 Å². The van der Waals surface area contributed by atoms with E-state index in [9.17, 15) is 8.78 Å². The fraction of sp³-hybridized carbons (Fsp3) is 0. The van der Waals surface area contributed by atoms with Gasteiger partial charge in [-0.25, -0.2) is 13.8 Å². The van der Waals surface area contributed by atoms with E-state index in [2.05, 4.69) is 4.98 Å². The van der Waals surface area contributed by atoms with Gasteiger partial charge in [-0.15, -0.1) is 0 Å². The maximum atomic E-state index is 13.6. The largest absolute Gasteiger partial charge is 0.369 e. The molecule has 0 aliphatic heterocycles. The van der Waals surface area contributed by atoms with Gasteiger partial charge in [0.1, 0.15) is 11.3 Å². The molecule has 1 heterocycles. The summed E-state index contributed by atoms with van der Waals surface area (Å²) >= 11 is 0. The summed E-state index contributed by atoms with van der Waals surface area (Å²) < 4.78 is 28.3. The Labute approximate surface area is 101 Å². The van der Waals surface area contributed by atoms with Crippen molar-refractivity contribution in [3.63, 3.8) is 0 Å². The topological polar surface area (TPSA) is 43.8 Å². The molecule has 0 spiro atoms. The molecule has 0 atom stereocenters. The van der Waals surface area contributed by atoms with Gasteiger partial charge in [0.15, 0.2) is 5.82 Å². The van der Waals surface area contributed by atoms with E-state index in [-0.39, 0.29) is 17.3 Å². The molecular formula is C13H9F2N3. The van der Waals surface area contributed by atoms with Gasteiger partial charge in [0, 0.05) is 0 Å². The minimum Gasteiger partial charge on any atom is -0.369 e. The van der Waals surface area contributed by atoms with E-state index in [1.54, 1.807) is 24.3 Å². The zero-order valence-electron chi connectivity index (χ0n) is 9.27. The van der Waals surface area contributed by atoms with Gasteiger partial charge in [-0.3, -0.25) is 4.57 Å². The van der Waals surface area contributed by atoms with Crippen molar-refractivity contribution < 1.29 is 8.78 Å². The first kappa shape index (κ1) is 10.7. The first-order valence-corrected chi connectivity index (χ1v) is 5.35. The van der Waals surface area contributed by atoms with Crippen LogP contribution in [0.15, 0.2) is 42.5 Å². The quantitative estimate of drug-likeness (QED) is 0.716. The van der Waals surface area contributed by atoms with Crippen molar-refractivity contribution >= 4 is 17.0 Å². The second-order valence-electron chi connectivity index (χ2n) is 3.89. The monoisotopic (exact) mass is 245 g/mol. The van der Waals surface area contributed by atoms with E-state index in [0.29, 0.717) is 11.2 Å². The van der Waals surface area contributed by atoms with Crippen LogP contribution in [0.4, 0.5) is 14.7 Å². The summed E-state index contributed by atoms with van der Waals surface area (Å²) in [6.45, 7) is 0. The number of hydrogen-bond donors (Lipinski definition) is 1. The summed E-state index contributed by atoms with van der Waals surface area (Å²) in [4.78, 5) is 3.96. The molecule has 0 aliphatic carbocycles. The molecule has 2 N–H and O–H groups in total. The number of benzene rings is 2. The zero-order chi connectivity index (χ0) is 12.7. The lowest BCUT2D eigenvalue weighted by Gasteiger charge is -2.06. The van der Waals surface area contributed by atoms with Gasteiger partial charge in [0.25, 0.3) is 0 Å². The van der Waals surface area contributed by atoms with Crippen LogP contribution in [0.5, 0.6) is 0 Å².